The van der Waals surface area contributed by atoms with E-state index < -0.39 is 19.1 Å². The molecule has 3 fully saturated rings. The van der Waals surface area contributed by atoms with Gasteiger partial charge in [-0.1, -0.05) is 31.6 Å². The molecule has 1 aromatic rings. The molecule has 220 valence electrons. The van der Waals surface area contributed by atoms with Crippen LogP contribution in [-0.4, -0.2) is 61.5 Å². The zero-order valence-electron chi connectivity index (χ0n) is 23.8. The number of ether oxygens (including phenoxy) is 2. The number of rotatable bonds is 7. The van der Waals surface area contributed by atoms with Crippen LogP contribution in [0, 0.1) is 17.8 Å². The van der Waals surface area contributed by atoms with Gasteiger partial charge in [0.05, 0.1) is 25.5 Å². The summed E-state index contributed by atoms with van der Waals surface area (Å²) in [6.45, 7) is 7.40. The number of carbonyl (C=O) groups excluding carboxylic acids is 1. The molecule has 0 radical (unpaired) electrons. The van der Waals surface area contributed by atoms with Crippen LogP contribution in [0.25, 0.3) is 5.57 Å². The highest BCUT2D eigenvalue weighted by atomic mass is 32.1. The average Bonchev–Trinajstić information content (AvgIpc) is 3.54. The van der Waals surface area contributed by atoms with E-state index in [1.807, 2.05) is 24.0 Å². The molecule has 3 heterocycles. The van der Waals surface area contributed by atoms with Gasteiger partial charge >= 0.3 is 5.97 Å². The number of allylic oxidation sites excluding steroid dienone is 4. The third kappa shape index (κ3) is 6.49. The normalized spacial score (nSPS) is 30.2. The van der Waals surface area contributed by atoms with Gasteiger partial charge in [0, 0.05) is 43.0 Å². The fraction of sp³-hybridized carbons (Fsp3) is 0.667. The minimum absolute atomic E-state index is 0.00279. The predicted octanol–water partition coefficient (Wildman–Crippen LogP) is 6.81. The summed E-state index contributed by atoms with van der Waals surface area (Å²) in [4.78, 5) is 29.2. The predicted molar refractivity (Wildman–Crippen MR) is 157 cm³/mol. The zero-order valence-corrected chi connectivity index (χ0v) is 25.5. The highest BCUT2D eigenvalue weighted by Gasteiger charge is 2.48. The first-order valence-corrected chi connectivity index (χ1v) is 17.7. The Morgan fingerprint density at radius 2 is 2.08 bits per heavy atom. The van der Waals surface area contributed by atoms with E-state index in [1.165, 1.54) is 11.3 Å². The maximum Gasteiger partial charge on any atom is 0.348 e. The lowest BCUT2D eigenvalue weighted by Gasteiger charge is -2.45. The molecule has 0 aromatic carbocycles. The third-order valence-corrected chi connectivity index (χ3v) is 11.9. The minimum atomic E-state index is -2.65. The van der Waals surface area contributed by atoms with Crippen molar-refractivity contribution in [2.24, 2.45) is 17.8 Å². The molecule has 4 aliphatic rings. The standard InChI is InChI=1S/C30H42NO7PS/c1-4-38-39(3,35)19-21-8-10-22(11-9-21)26-17-25(28(40-26)29(33)34)31-24-12-13-30(36-14-15-37-30)18-23(24)16-20(2)6-5-7-27(31)32/h8,10-11,17,20-21,23-24H,4-7,9,12-16,18-19H2,1-3H3,(H,33,34). The van der Waals surface area contributed by atoms with Crippen LogP contribution in [0.2, 0.25) is 0 Å². The molecule has 2 aliphatic heterocycles. The van der Waals surface area contributed by atoms with Gasteiger partial charge in [-0.3, -0.25) is 9.36 Å². The minimum Gasteiger partial charge on any atom is -0.477 e. The van der Waals surface area contributed by atoms with Crippen molar-refractivity contribution >= 4 is 41.8 Å². The van der Waals surface area contributed by atoms with Gasteiger partial charge in [-0.05, 0) is 62.0 Å². The largest absolute Gasteiger partial charge is 0.477 e. The fourth-order valence-electron chi connectivity index (χ4n) is 7.03. The van der Waals surface area contributed by atoms with Gasteiger partial charge in [0.1, 0.15) is 4.88 Å². The van der Waals surface area contributed by atoms with Gasteiger partial charge in [0.25, 0.3) is 0 Å². The Labute approximate surface area is 241 Å². The van der Waals surface area contributed by atoms with E-state index in [0.29, 0.717) is 63.3 Å². The zero-order chi connectivity index (χ0) is 28.5. The number of fused-ring (bicyclic) bond motifs is 1. The van der Waals surface area contributed by atoms with Gasteiger partial charge in [-0.15, -0.1) is 11.3 Å². The quantitative estimate of drug-likeness (QED) is 0.348. The van der Waals surface area contributed by atoms with E-state index in [1.54, 1.807) is 6.66 Å². The van der Waals surface area contributed by atoms with E-state index >= 15 is 0 Å². The summed E-state index contributed by atoms with van der Waals surface area (Å²) in [5.74, 6) is -0.832. The first kappa shape index (κ1) is 29.7. The van der Waals surface area contributed by atoms with Crippen molar-refractivity contribution < 1.29 is 33.3 Å². The van der Waals surface area contributed by atoms with Crippen LogP contribution >= 0.6 is 18.7 Å². The average molecular weight is 592 g/mol. The Bertz CT molecular complexity index is 1220. The lowest BCUT2D eigenvalue weighted by molar-refractivity contribution is -0.190. The number of hydrogen-bond acceptors (Lipinski definition) is 7. The Hall–Kier alpha value is -1.77. The summed E-state index contributed by atoms with van der Waals surface area (Å²) in [6, 6.07) is 1.81. The van der Waals surface area contributed by atoms with Crippen LogP contribution in [0.1, 0.15) is 79.8 Å². The monoisotopic (exact) mass is 591 g/mol. The molecular weight excluding hydrogens is 549 g/mol. The van der Waals surface area contributed by atoms with Crippen LogP contribution in [0.4, 0.5) is 5.69 Å². The van der Waals surface area contributed by atoms with Crippen molar-refractivity contribution in [2.45, 2.75) is 77.0 Å². The molecule has 40 heavy (non-hydrogen) atoms. The van der Waals surface area contributed by atoms with Crippen molar-refractivity contribution in [3.8, 4) is 0 Å². The molecule has 1 amide bonds. The van der Waals surface area contributed by atoms with Gasteiger partial charge in [0.15, 0.2) is 5.79 Å². The summed E-state index contributed by atoms with van der Waals surface area (Å²) in [5.41, 5.74) is 1.45. The summed E-state index contributed by atoms with van der Waals surface area (Å²) in [7, 11) is -2.65. The first-order valence-electron chi connectivity index (χ1n) is 14.7. The first-order chi connectivity index (χ1) is 19.1. The molecule has 1 aromatic heterocycles. The van der Waals surface area contributed by atoms with Crippen LogP contribution in [0.5, 0.6) is 0 Å². The Morgan fingerprint density at radius 1 is 1.30 bits per heavy atom. The number of carboxylic acids is 1. The Morgan fingerprint density at radius 3 is 2.75 bits per heavy atom. The Kier molecular flexibility index (Phi) is 9.08. The number of amides is 1. The van der Waals surface area contributed by atoms with Crippen molar-refractivity contribution in [3.63, 3.8) is 0 Å². The van der Waals surface area contributed by atoms with E-state index in [9.17, 15) is 19.3 Å². The van der Waals surface area contributed by atoms with E-state index in [4.69, 9.17) is 14.0 Å². The second-order valence-corrected chi connectivity index (χ2v) is 15.6. The van der Waals surface area contributed by atoms with Gasteiger partial charge in [-0.2, -0.15) is 0 Å². The summed E-state index contributed by atoms with van der Waals surface area (Å²) in [5, 5.41) is 10.3. The molecule has 5 unspecified atom stereocenters. The molecule has 2 aliphatic carbocycles. The van der Waals surface area contributed by atoms with Crippen LogP contribution < -0.4 is 4.90 Å². The molecule has 5 rings (SSSR count). The van der Waals surface area contributed by atoms with Gasteiger partial charge in [-0.25, -0.2) is 4.79 Å². The number of thiophene rings is 1. The Balaban J connectivity index is 1.44. The number of nitrogens with zero attached hydrogens (tertiary/aromatic N) is 1. The van der Waals surface area contributed by atoms with Crippen molar-refractivity contribution in [1.82, 2.24) is 0 Å². The molecule has 1 N–H and O–H groups in total. The van der Waals surface area contributed by atoms with Gasteiger partial charge < -0.3 is 24.0 Å². The van der Waals surface area contributed by atoms with E-state index in [-0.39, 0.29) is 28.7 Å². The summed E-state index contributed by atoms with van der Waals surface area (Å²) < 4.78 is 30.3. The number of aromatic carboxylic acids is 1. The van der Waals surface area contributed by atoms with Crippen LogP contribution in [-0.2, 0) is 23.4 Å². The lowest BCUT2D eigenvalue weighted by atomic mass is 9.75. The van der Waals surface area contributed by atoms with Crippen molar-refractivity contribution in [1.29, 1.82) is 0 Å². The van der Waals surface area contributed by atoms with Crippen molar-refractivity contribution in [3.05, 3.63) is 34.0 Å². The van der Waals surface area contributed by atoms with Crippen LogP contribution in [0.15, 0.2) is 24.3 Å². The topological polar surface area (TPSA) is 102 Å². The number of anilines is 1. The number of carbonyl (C=O) groups is 2. The smallest absolute Gasteiger partial charge is 0.348 e. The van der Waals surface area contributed by atoms with Crippen LogP contribution in [0.3, 0.4) is 0 Å². The third-order valence-electron chi connectivity index (χ3n) is 8.75. The SMILES string of the molecule is CCOP(C)(=O)CC1C=CC(c2cc(N3C(=O)CCCC(C)CC4CC5(CCC43)OCCO5)c(C(=O)O)s2)=CC1. The molecule has 0 bridgehead atoms. The number of carboxylic acid groups (broad SMARTS) is 1. The molecule has 2 saturated heterocycles. The molecule has 5 atom stereocenters. The van der Waals surface area contributed by atoms with Gasteiger partial charge in [0.2, 0.25) is 13.3 Å². The fourth-order valence-corrected chi connectivity index (χ4v) is 9.81. The van der Waals surface area contributed by atoms with Crippen molar-refractivity contribution in [2.75, 3.05) is 37.5 Å². The maximum absolute atomic E-state index is 13.8. The highest BCUT2D eigenvalue weighted by Crippen LogP contribution is 2.48. The maximum atomic E-state index is 13.8. The second kappa shape index (κ2) is 12.2. The highest BCUT2D eigenvalue weighted by molar-refractivity contribution is 7.58. The van der Waals surface area contributed by atoms with E-state index in [2.05, 4.69) is 19.1 Å². The number of hydrogen-bond donors (Lipinski definition) is 1. The molecule has 8 nitrogen and oxygen atoms in total. The summed E-state index contributed by atoms with van der Waals surface area (Å²) in [6.07, 6.45) is 12.6. The summed E-state index contributed by atoms with van der Waals surface area (Å²) >= 11 is 1.23. The molecular formula is C30H42NO7PS. The van der Waals surface area contributed by atoms with E-state index in [0.717, 1.165) is 36.1 Å². The second-order valence-electron chi connectivity index (χ2n) is 11.9. The molecule has 1 spiro atoms. The molecule has 1 saturated carbocycles. The molecule has 10 heteroatoms. The lowest BCUT2D eigenvalue weighted by Crippen LogP contribution is -2.52.